The van der Waals surface area contributed by atoms with Crippen LogP contribution in [0.5, 0.6) is 0 Å². The zero-order chi connectivity index (χ0) is 6.41. The second-order valence-electron chi connectivity index (χ2n) is 0.623. The van der Waals surface area contributed by atoms with E-state index in [4.69, 9.17) is 11.2 Å². The fraction of sp³-hybridized carbons (Fsp3) is 0. The van der Waals surface area contributed by atoms with Crippen LogP contribution in [0.3, 0.4) is 0 Å². The summed E-state index contributed by atoms with van der Waals surface area (Å²) in [6.07, 6.45) is 2.30. The average Bonchev–Trinajstić information content (AvgIpc) is 1.68. The van der Waals surface area contributed by atoms with Crippen molar-refractivity contribution in [3.05, 3.63) is 0 Å². The summed E-state index contributed by atoms with van der Waals surface area (Å²) in [7, 11) is -1.71. The molecule has 0 unspecified atom stereocenters. The molecule has 0 N–H and O–H groups in total. The molecule has 0 saturated heterocycles. The Morgan fingerprint density at radius 1 is 1.25 bits per heavy atom. The second kappa shape index (κ2) is 4.63. The molecule has 0 aromatic carbocycles. The van der Waals surface area contributed by atoms with E-state index in [0.717, 1.165) is 12.2 Å². The maximum absolute atomic E-state index is 9.34. The predicted molar refractivity (Wildman–Crippen MR) is 29.0 cm³/mol. The third kappa shape index (κ3) is 3.66. The molecule has 0 spiro atoms. The molecule has 0 aromatic heterocycles. The van der Waals surface area contributed by atoms with Crippen LogP contribution in [0.25, 0.3) is 0 Å². The van der Waals surface area contributed by atoms with Crippen LogP contribution in [0, 0.1) is 0 Å². The predicted octanol–water partition coefficient (Wildman–Crippen LogP) is 1.12. The van der Waals surface area contributed by atoms with Crippen LogP contribution < -0.4 is 0 Å². The van der Waals surface area contributed by atoms with Gasteiger partial charge in [-0.25, -0.2) is 9.59 Å². The molecule has 0 aliphatic heterocycles. The number of nitrogens with zero attached hydrogens (tertiary/aromatic N) is 2. The largest absolute Gasteiger partial charge is 0.260 e. The normalized spacial score (nSPS) is 10.6. The summed E-state index contributed by atoms with van der Waals surface area (Å²) in [5.74, 6) is 0. The number of carbonyl (C=O) groups excluding carboxylic acids is 2. The molecule has 4 nitrogen and oxygen atoms in total. The van der Waals surface area contributed by atoms with Crippen LogP contribution in [0.1, 0.15) is 0 Å². The highest BCUT2D eigenvalue weighted by Crippen LogP contribution is 2.42. The van der Waals surface area contributed by atoms with Gasteiger partial charge >= 0.3 is 0 Å². The van der Waals surface area contributed by atoms with Gasteiger partial charge in [-0.15, -0.1) is 9.53 Å². The van der Waals surface area contributed by atoms with E-state index in [9.17, 15) is 9.59 Å². The molecule has 0 amide bonds. The molecule has 0 rings (SSSR count). The first kappa shape index (κ1) is 7.48. The summed E-state index contributed by atoms with van der Waals surface area (Å²) < 4.78 is 5.82. The van der Waals surface area contributed by atoms with Crippen molar-refractivity contribution in [1.29, 1.82) is 0 Å². The van der Waals surface area contributed by atoms with E-state index < -0.39 is 7.58 Å². The van der Waals surface area contributed by atoms with E-state index in [1.807, 2.05) is 0 Å². The summed E-state index contributed by atoms with van der Waals surface area (Å²) in [5, 5.41) is 0. The highest BCUT2D eigenvalue weighted by Gasteiger charge is 1.93. The van der Waals surface area contributed by atoms with Crippen LogP contribution in [-0.2, 0) is 9.59 Å². The smallest absolute Gasteiger partial charge is 0.211 e. The summed E-state index contributed by atoms with van der Waals surface area (Å²) >= 11 is 5.09. The lowest BCUT2D eigenvalue weighted by atomic mass is 11.7. The molecule has 0 aromatic rings. The molecular formula is C2ClN2O2P. The Morgan fingerprint density at radius 2 is 1.62 bits per heavy atom. The maximum Gasteiger partial charge on any atom is 0.260 e. The first-order chi connectivity index (χ1) is 3.81. The van der Waals surface area contributed by atoms with Gasteiger partial charge in [-0.1, -0.05) is 0 Å². The second-order valence-corrected chi connectivity index (χ2v) is 2.41. The Labute approximate surface area is 50.9 Å². The standard InChI is InChI=1S/C2ClN2O2P/c3-8(4-1-6)5-2-7. The Bertz CT molecular complexity index is 141. The summed E-state index contributed by atoms with van der Waals surface area (Å²) in [5.41, 5.74) is 0. The van der Waals surface area contributed by atoms with Crippen molar-refractivity contribution in [2.24, 2.45) is 9.53 Å². The van der Waals surface area contributed by atoms with Crippen molar-refractivity contribution in [3.63, 3.8) is 0 Å². The lowest BCUT2D eigenvalue weighted by molar-refractivity contribution is 0.566. The fourth-order valence-electron chi connectivity index (χ4n) is 0.0897. The van der Waals surface area contributed by atoms with Crippen molar-refractivity contribution in [2.45, 2.75) is 0 Å². The topological polar surface area (TPSA) is 58.9 Å². The minimum Gasteiger partial charge on any atom is -0.211 e. The zero-order valence-corrected chi connectivity index (χ0v) is 5.19. The summed E-state index contributed by atoms with van der Waals surface area (Å²) in [6.45, 7) is 0. The van der Waals surface area contributed by atoms with Gasteiger partial charge in [-0.05, 0) is 11.2 Å². The number of hydrogen-bond donors (Lipinski definition) is 0. The Hall–Kier alpha value is -0.520. The van der Waals surface area contributed by atoms with Crippen LogP contribution >= 0.6 is 18.8 Å². The molecule has 0 bridgehead atoms. The lowest BCUT2D eigenvalue weighted by Crippen LogP contribution is -1.48. The lowest BCUT2D eigenvalue weighted by Gasteiger charge is -1.79. The third-order valence-corrected chi connectivity index (χ3v) is 1.19. The van der Waals surface area contributed by atoms with Gasteiger partial charge in [0.25, 0.3) is 7.58 Å². The third-order valence-electron chi connectivity index (χ3n) is 0.247. The van der Waals surface area contributed by atoms with Gasteiger partial charge in [-0.2, -0.15) is 0 Å². The highest BCUT2D eigenvalue weighted by molar-refractivity contribution is 7.81. The van der Waals surface area contributed by atoms with Gasteiger partial charge in [0, 0.05) is 0 Å². The molecule has 0 aliphatic carbocycles. The first-order valence-electron chi connectivity index (χ1n) is 1.42. The highest BCUT2D eigenvalue weighted by atomic mass is 35.7. The van der Waals surface area contributed by atoms with Crippen LogP contribution in [0.4, 0.5) is 0 Å². The van der Waals surface area contributed by atoms with Crippen LogP contribution in [0.15, 0.2) is 9.53 Å². The number of hydrogen-bond acceptors (Lipinski definition) is 4. The van der Waals surface area contributed by atoms with E-state index >= 15 is 0 Å². The Balaban J connectivity index is 3.82. The van der Waals surface area contributed by atoms with Crippen molar-refractivity contribution in [3.8, 4) is 0 Å². The minimum atomic E-state index is -1.71. The molecule has 6 heteroatoms. The van der Waals surface area contributed by atoms with E-state index in [1.165, 1.54) is 0 Å². The molecule has 0 aliphatic rings. The summed E-state index contributed by atoms with van der Waals surface area (Å²) in [4.78, 5) is 18.7. The maximum atomic E-state index is 9.34. The van der Waals surface area contributed by atoms with Gasteiger partial charge in [-0.3, -0.25) is 0 Å². The average molecular weight is 150 g/mol. The fourth-order valence-corrected chi connectivity index (χ4v) is 0.454. The SMILES string of the molecule is O=C=NP(Cl)N=C=O. The van der Waals surface area contributed by atoms with Crippen LogP contribution in [0.2, 0.25) is 0 Å². The molecule has 8 heavy (non-hydrogen) atoms. The molecule has 42 valence electrons. The van der Waals surface area contributed by atoms with E-state index in [0.29, 0.717) is 0 Å². The van der Waals surface area contributed by atoms with Crippen LogP contribution in [-0.4, -0.2) is 12.2 Å². The van der Waals surface area contributed by atoms with Gasteiger partial charge in [0.05, 0.1) is 0 Å². The molecule has 0 fully saturated rings. The molecular weight excluding hydrogens is 150 g/mol. The number of rotatable bonds is 2. The Kier molecular flexibility index (Phi) is 4.33. The molecule has 0 atom stereocenters. The molecule has 0 saturated carbocycles. The Morgan fingerprint density at radius 3 is 1.88 bits per heavy atom. The minimum absolute atomic E-state index is 1.15. The van der Waals surface area contributed by atoms with Crippen molar-refractivity contribution < 1.29 is 9.59 Å². The van der Waals surface area contributed by atoms with Crippen molar-refractivity contribution in [2.75, 3.05) is 0 Å². The molecule has 0 heterocycles. The molecule has 0 radical (unpaired) electrons. The number of halogens is 1. The van der Waals surface area contributed by atoms with Crippen molar-refractivity contribution in [1.82, 2.24) is 0 Å². The van der Waals surface area contributed by atoms with E-state index in [-0.39, 0.29) is 0 Å². The quantitative estimate of drug-likeness (QED) is 0.336. The van der Waals surface area contributed by atoms with E-state index in [1.54, 1.807) is 0 Å². The van der Waals surface area contributed by atoms with Gasteiger partial charge in [0.2, 0.25) is 12.2 Å². The van der Waals surface area contributed by atoms with Crippen molar-refractivity contribution >= 4 is 31.0 Å². The zero-order valence-electron chi connectivity index (χ0n) is 3.54. The van der Waals surface area contributed by atoms with E-state index in [2.05, 4.69) is 9.53 Å². The first-order valence-corrected chi connectivity index (χ1v) is 3.58. The van der Waals surface area contributed by atoms with Gasteiger partial charge < -0.3 is 0 Å². The monoisotopic (exact) mass is 150 g/mol. The van der Waals surface area contributed by atoms with Gasteiger partial charge in [0.15, 0.2) is 0 Å². The van der Waals surface area contributed by atoms with Gasteiger partial charge in [0.1, 0.15) is 0 Å². The summed E-state index contributed by atoms with van der Waals surface area (Å²) in [6, 6.07) is 0. The number of isocyanates is 2.